The Balaban J connectivity index is 2.82. The number of rotatable bonds is 4. The molecule has 1 aliphatic heterocycles. The average Bonchev–Trinajstić information content (AvgIpc) is 2.33. The highest BCUT2D eigenvalue weighted by Crippen LogP contribution is 2.37. The minimum absolute atomic E-state index is 0.171. The van der Waals surface area contributed by atoms with Crippen LogP contribution >= 0.6 is 0 Å². The molecule has 1 N–H and O–H groups in total. The molecule has 0 aromatic heterocycles. The highest BCUT2D eigenvalue weighted by atomic mass is 32.2. The summed E-state index contributed by atoms with van der Waals surface area (Å²) in [4.78, 5) is 25.9. The van der Waals surface area contributed by atoms with Gasteiger partial charge in [0.05, 0.1) is 13.2 Å². The van der Waals surface area contributed by atoms with Gasteiger partial charge in [-0.2, -0.15) is 0 Å². The molecule has 0 bridgehead atoms. The SMILES string of the molecule is COC(=O)C1([C@H](C)N[S@+]([O-])C(C)(C)C)CN(C(=O)OC(C)(C)C)C1. The summed E-state index contributed by atoms with van der Waals surface area (Å²) in [6, 6.07) is -0.413. The number of ether oxygens (including phenoxy) is 2. The van der Waals surface area contributed by atoms with Gasteiger partial charge in [0.15, 0.2) is 0 Å². The molecule has 1 fully saturated rings. The van der Waals surface area contributed by atoms with Crippen LogP contribution in [0.15, 0.2) is 0 Å². The van der Waals surface area contributed by atoms with Crippen LogP contribution in [0, 0.1) is 5.41 Å². The predicted molar refractivity (Wildman–Crippen MR) is 92.7 cm³/mol. The third-order valence-corrected chi connectivity index (χ3v) is 5.54. The molecule has 1 rings (SSSR count). The highest BCUT2D eigenvalue weighted by molar-refractivity contribution is 7.90. The Bertz CT molecular complexity index is 478. The van der Waals surface area contributed by atoms with E-state index in [0.717, 1.165) is 0 Å². The van der Waals surface area contributed by atoms with E-state index in [1.807, 2.05) is 20.8 Å². The standard InChI is InChI=1S/C16H30N2O5S/c1-11(17-24(21)15(5,6)7)16(12(19)22-8)9-18(10-16)13(20)23-14(2,3)4/h11,17H,9-10H2,1-8H3/t11-,24+/m0/s1. The normalized spacial score (nSPS) is 20.0. The van der Waals surface area contributed by atoms with Gasteiger partial charge >= 0.3 is 12.1 Å². The molecule has 140 valence electrons. The second-order valence-corrected chi connectivity index (χ2v) is 10.2. The van der Waals surface area contributed by atoms with E-state index in [0.29, 0.717) is 0 Å². The first-order valence-corrected chi connectivity index (χ1v) is 9.12. The number of hydrogen-bond acceptors (Lipinski definition) is 6. The van der Waals surface area contributed by atoms with E-state index in [4.69, 9.17) is 9.47 Å². The molecule has 0 saturated carbocycles. The Morgan fingerprint density at radius 1 is 1.21 bits per heavy atom. The number of nitrogens with zero attached hydrogens (tertiary/aromatic N) is 1. The molecule has 0 aliphatic carbocycles. The summed E-state index contributed by atoms with van der Waals surface area (Å²) in [5.74, 6) is -0.423. The van der Waals surface area contributed by atoms with E-state index in [9.17, 15) is 14.1 Å². The smallest absolute Gasteiger partial charge is 0.410 e. The monoisotopic (exact) mass is 362 g/mol. The molecule has 0 aromatic carbocycles. The van der Waals surface area contributed by atoms with Crippen molar-refractivity contribution in [2.45, 2.75) is 64.9 Å². The predicted octanol–water partition coefficient (Wildman–Crippen LogP) is 1.84. The van der Waals surface area contributed by atoms with Crippen molar-refractivity contribution < 1.29 is 23.6 Å². The van der Waals surface area contributed by atoms with E-state index in [2.05, 4.69) is 4.72 Å². The molecule has 24 heavy (non-hydrogen) atoms. The van der Waals surface area contributed by atoms with Crippen molar-refractivity contribution in [2.75, 3.05) is 20.2 Å². The maximum atomic E-state index is 12.3. The van der Waals surface area contributed by atoms with Crippen LogP contribution in [-0.4, -0.2) is 58.1 Å². The van der Waals surface area contributed by atoms with Crippen molar-refractivity contribution >= 4 is 23.4 Å². The van der Waals surface area contributed by atoms with E-state index >= 15 is 0 Å². The van der Waals surface area contributed by atoms with Crippen LogP contribution in [0.25, 0.3) is 0 Å². The zero-order valence-corrected chi connectivity index (χ0v) is 16.7. The number of amides is 1. The number of nitrogens with one attached hydrogen (secondary N) is 1. The Kier molecular flexibility index (Phi) is 6.22. The van der Waals surface area contributed by atoms with Gasteiger partial charge in [-0.3, -0.25) is 4.79 Å². The van der Waals surface area contributed by atoms with Gasteiger partial charge in [0, 0.05) is 24.5 Å². The molecule has 0 unspecified atom stereocenters. The van der Waals surface area contributed by atoms with Crippen LogP contribution in [0.4, 0.5) is 4.79 Å². The summed E-state index contributed by atoms with van der Waals surface area (Å²) in [6.07, 6.45) is -0.467. The average molecular weight is 362 g/mol. The van der Waals surface area contributed by atoms with Gasteiger partial charge in [0.2, 0.25) is 0 Å². The van der Waals surface area contributed by atoms with Crippen LogP contribution in [0.3, 0.4) is 0 Å². The topological polar surface area (TPSA) is 90.9 Å². The fourth-order valence-corrected chi connectivity index (χ4v) is 3.22. The van der Waals surface area contributed by atoms with Crippen molar-refractivity contribution in [3.63, 3.8) is 0 Å². The third-order valence-electron chi connectivity index (χ3n) is 3.86. The van der Waals surface area contributed by atoms with E-state index in [-0.39, 0.29) is 13.1 Å². The number of methoxy groups -OCH3 is 1. The molecular formula is C16H30N2O5S. The van der Waals surface area contributed by atoms with Crippen molar-refractivity contribution in [3.05, 3.63) is 0 Å². The Hall–Kier alpha value is -0.990. The van der Waals surface area contributed by atoms with Crippen molar-refractivity contribution in [3.8, 4) is 0 Å². The van der Waals surface area contributed by atoms with E-state index in [1.165, 1.54) is 12.0 Å². The van der Waals surface area contributed by atoms with Gasteiger partial charge < -0.3 is 18.9 Å². The molecule has 1 aliphatic rings. The van der Waals surface area contributed by atoms with Gasteiger partial charge in [0.1, 0.15) is 15.8 Å². The number of esters is 1. The van der Waals surface area contributed by atoms with Crippen molar-refractivity contribution in [1.29, 1.82) is 0 Å². The first-order chi connectivity index (χ1) is 10.7. The Labute approximate surface area is 147 Å². The van der Waals surface area contributed by atoms with Crippen LogP contribution < -0.4 is 4.72 Å². The molecule has 1 amide bonds. The molecule has 1 heterocycles. The summed E-state index contributed by atoms with van der Waals surface area (Å²) in [6.45, 7) is 13.0. The van der Waals surface area contributed by atoms with Crippen LogP contribution in [-0.2, 0) is 25.6 Å². The lowest BCUT2D eigenvalue weighted by Crippen LogP contribution is -2.70. The highest BCUT2D eigenvalue weighted by Gasteiger charge is 2.58. The maximum Gasteiger partial charge on any atom is 0.410 e. The molecule has 0 radical (unpaired) electrons. The van der Waals surface area contributed by atoms with Crippen LogP contribution in [0.5, 0.6) is 0 Å². The van der Waals surface area contributed by atoms with Crippen LogP contribution in [0.1, 0.15) is 48.5 Å². The van der Waals surface area contributed by atoms with E-state index < -0.39 is 45.2 Å². The lowest BCUT2D eigenvalue weighted by atomic mass is 9.74. The minimum atomic E-state index is -1.33. The summed E-state index contributed by atoms with van der Waals surface area (Å²) < 4.78 is 25.1. The van der Waals surface area contributed by atoms with Gasteiger partial charge in [-0.1, -0.05) is 0 Å². The van der Waals surface area contributed by atoms with E-state index in [1.54, 1.807) is 27.7 Å². The Morgan fingerprint density at radius 3 is 2.08 bits per heavy atom. The van der Waals surface area contributed by atoms with Gasteiger partial charge in [-0.25, -0.2) is 4.79 Å². The second-order valence-electron chi connectivity index (χ2n) is 8.20. The first-order valence-electron chi connectivity index (χ1n) is 7.97. The fraction of sp³-hybridized carbons (Fsp3) is 0.875. The van der Waals surface area contributed by atoms with Crippen molar-refractivity contribution in [1.82, 2.24) is 9.62 Å². The van der Waals surface area contributed by atoms with Gasteiger partial charge in [-0.15, -0.1) is 4.72 Å². The largest absolute Gasteiger partial charge is 0.598 e. The van der Waals surface area contributed by atoms with Crippen molar-refractivity contribution in [2.24, 2.45) is 5.41 Å². The quantitative estimate of drug-likeness (QED) is 0.606. The lowest BCUT2D eigenvalue weighted by molar-refractivity contribution is -0.165. The molecular weight excluding hydrogens is 332 g/mol. The summed E-state index contributed by atoms with van der Waals surface area (Å²) in [5, 5.41) is 0. The summed E-state index contributed by atoms with van der Waals surface area (Å²) in [5.41, 5.74) is -1.52. The number of hydrogen-bond donors (Lipinski definition) is 1. The first kappa shape index (κ1) is 21.1. The molecule has 0 spiro atoms. The maximum absolute atomic E-state index is 12.3. The summed E-state index contributed by atoms with van der Waals surface area (Å²) >= 11 is -1.33. The molecule has 2 atom stereocenters. The number of likely N-dealkylation sites (tertiary alicyclic amines) is 1. The summed E-state index contributed by atoms with van der Waals surface area (Å²) in [7, 11) is 1.31. The zero-order valence-electron chi connectivity index (χ0n) is 15.9. The number of carbonyl (C=O) groups excluding carboxylic acids is 2. The molecule has 0 aromatic rings. The Morgan fingerprint density at radius 2 is 1.71 bits per heavy atom. The minimum Gasteiger partial charge on any atom is -0.598 e. The molecule has 8 heteroatoms. The lowest BCUT2D eigenvalue weighted by Gasteiger charge is -2.50. The fourth-order valence-electron chi connectivity index (χ4n) is 2.32. The third kappa shape index (κ3) is 4.77. The zero-order chi connectivity index (χ0) is 18.9. The van der Waals surface area contributed by atoms with Gasteiger partial charge in [0.25, 0.3) is 0 Å². The second kappa shape index (κ2) is 7.09. The number of carbonyl (C=O) groups is 2. The van der Waals surface area contributed by atoms with Crippen LogP contribution in [0.2, 0.25) is 0 Å². The molecule has 7 nitrogen and oxygen atoms in total. The molecule has 1 saturated heterocycles. The van der Waals surface area contributed by atoms with Gasteiger partial charge in [-0.05, 0) is 48.5 Å².